The van der Waals surface area contributed by atoms with Gasteiger partial charge in [-0.2, -0.15) is 0 Å². The number of furan rings is 1. The van der Waals surface area contributed by atoms with Crippen LogP contribution < -0.4 is 4.90 Å². The fraction of sp³-hybridized carbons (Fsp3) is 0.375. The molecule has 2 aromatic carbocycles. The summed E-state index contributed by atoms with van der Waals surface area (Å²) in [6, 6.07) is 17.7. The number of piperazine rings is 1. The first kappa shape index (κ1) is 19.5. The van der Waals surface area contributed by atoms with Crippen LogP contribution in [0.5, 0.6) is 0 Å². The fourth-order valence-corrected chi connectivity index (χ4v) is 4.29. The number of hydrogen-bond acceptors (Lipinski definition) is 4. The highest BCUT2D eigenvalue weighted by molar-refractivity contribution is 6.06. The molecule has 2 heterocycles. The van der Waals surface area contributed by atoms with Crippen LogP contribution >= 0.6 is 0 Å². The van der Waals surface area contributed by atoms with Crippen LogP contribution in [0.15, 0.2) is 59.2 Å². The van der Waals surface area contributed by atoms with Gasteiger partial charge in [0, 0.05) is 56.9 Å². The zero-order chi connectivity index (χ0) is 20.5. The van der Waals surface area contributed by atoms with E-state index in [1.54, 1.807) is 25.3 Å². The molecule has 0 radical (unpaired) electrons. The summed E-state index contributed by atoms with van der Waals surface area (Å²) in [6.45, 7) is 7.47. The molecule has 0 spiro atoms. The second-order valence-electron chi connectivity index (χ2n) is 8.29. The molecule has 1 unspecified atom stereocenters. The first-order valence-electron chi connectivity index (χ1n) is 10.2. The van der Waals surface area contributed by atoms with Crippen LogP contribution in [0.1, 0.15) is 29.8 Å². The second-order valence-corrected chi connectivity index (χ2v) is 8.29. The summed E-state index contributed by atoms with van der Waals surface area (Å²) in [5.74, 6) is -0.0321. The highest BCUT2D eigenvalue weighted by atomic mass is 16.3. The lowest BCUT2D eigenvalue weighted by Crippen LogP contribution is -2.56. The Morgan fingerprint density at radius 1 is 1.07 bits per heavy atom. The molecule has 1 saturated heterocycles. The van der Waals surface area contributed by atoms with E-state index >= 15 is 0 Å². The fourth-order valence-electron chi connectivity index (χ4n) is 4.29. The van der Waals surface area contributed by atoms with Gasteiger partial charge in [0.25, 0.3) is 5.91 Å². The average molecular weight is 392 g/mol. The highest BCUT2D eigenvalue weighted by Gasteiger charge is 2.30. The maximum atomic E-state index is 12.5. The zero-order valence-corrected chi connectivity index (χ0v) is 17.6. The van der Waals surface area contributed by atoms with E-state index in [-0.39, 0.29) is 5.91 Å². The summed E-state index contributed by atoms with van der Waals surface area (Å²) in [5, 5.41) is 0.883. The maximum Gasteiger partial charge on any atom is 0.257 e. The van der Waals surface area contributed by atoms with Gasteiger partial charge >= 0.3 is 0 Å². The normalized spacial score (nSPS) is 20.2. The van der Waals surface area contributed by atoms with Crippen molar-refractivity contribution >= 4 is 22.6 Å². The molecule has 5 nitrogen and oxygen atoms in total. The Labute approximate surface area is 172 Å². The Kier molecular flexibility index (Phi) is 5.33. The molecule has 4 rings (SSSR count). The van der Waals surface area contributed by atoms with E-state index in [0.717, 1.165) is 36.3 Å². The third-order valence-electron chi connectivity index (χ3n) is 5.87. The number of carbonyl (C=O) groups is 1. The lowest BCUT2D eigenvalue weighted by Gasteiger charge is -2.45. The minimum absolute atomic E-state index is 0.0321. The monoisotopic (exact) mass is 391 g/mol. The Morgan fingerprint density at radius 2 is 1.76 bits per heavy atom. The van der Waals surface area contributed by atoms with Crippen molar-refractivity contribution in [1.29, 1.82) is 0 Å². The molecule has 3 aromatic rings. The zero-order valence-electron chi connectivity index (χ0n) is 17.6. The van der Waals surface area contributed by atoms with E-state index in [1.165, 1.54) is 5.56 Å². The average Bonchev–Trinajstić information content (AvgIpc) is 3.13. The molecule has 0 bridgehead atoms. The van der Waals surface area contributed by atoms with Crippen LogP contribution in [0.25, 0.3) is 11.0 Å². The third kappa shape index (κ3) is 3.87. The molecule has 2 atom stereocenters. The van der Waals surface area contributed by atoms with Crippen LogP contribution in [-0.2, 0) is 6.54 Å². The lowest BCUT2D eigenvalue weighted by atomic mass is 10.0. The summed E-state index contributed by atoms with van der Waals surface area (Å²) >= 11 is 0. The van der Waals surface area contributed by atoms with Gasteiger partial charge in [0.15, 0.2) is 0 Å². The SMILES string of the molecule is CC1CN(c2ccc3occ(C(=O)N(C)C)c3c2)C[C@H](C)N1Cc1ccccc1. The lowest BCUT2D eigenvalue weighted by molar-refractivity contribution is 0.0828. The van der Waals surface area contributed by atoms with Crippen molar-refractivity contribution < 1.29 is 9.21 Å². The molecular formula is C24H29N3O2. The molecule has 1 aliphatic heterocycles. The quantitative estimate of drug-likeness (QED) is 0.667. The largest absolute Gasteiger partial charge is 0.463 e. The first-order chi connectivity index (χ1) is 13.9. The molecule has 0 saturated carbocycles. The summed E-state index contributed by atoms with van der Waals surface area (Å²) < 4.78 is 5.61. The van der Waals surface area contributed by atoms with Crippen molar-refractivity contribution in [3.63, 3.8) is 0 Å². The number of nitrogens with zero attached hydrogens (tertiary/aromatic N) is 3. The molecule has 5 heteroatoms. The van der Waals surface area contributed by atoms with Crippen LogP contribution in [0.2, 0.25) is 0 Å². The number of fused-ring (bicyclic) bond motifs is 1. The summed E-state index contributed by atoms with van der Waals surface area (Å²) in [5.41, 5.74) is 3.87. The van der Waals surface area contributed by atoms with Gasteiger partial charge in [0.05, 0.1) is 5.56 Å². The van der Waals surface area contributed by atoms with Gasteiger partial charge in [0.2, 0.25) is 0 Å². The molecule has 0 aliphatic carbocycles. The van der Waals surface area contributed by atoms with E-state index in [9.17, 15) is 4.79 Å². The molecule has 1 fully saturated rings. The molecule has 0 N–H and O–H groups in total. The van der Waals surface area contributed by atoms with E-state index in [2.05, 4.69) is 66.1 Å². The van der Waals surface area contributed by atoms with E-state index in [4.69, 9.17) is 4.42 Å². The van der Waals surface area contributed by atoms with Crippen LogP contribution in [-0.4, -0.2) is 55.0 Å². The number of amides is 1. The molecule has 1 aromatic heterocycles. The number of rotatable bonds is 4. The number of hydrogen-bond donors (Lipinski definition) is 0. The van der Waals surface area contributed by atoms with E-state index in [1.807, 2.05) is 6.07 Å². The molecular weight excluding hydrogens is 362 g/mol. The van der Waals surface area contributed by atoms with Crippen molar-refractivity contribution in [2.24, 2.45) is 0 Å². The van der Waals surface area contributed by atoms with Crippen molar-refractivity contribution in [3.8, 4) is 0 Å². The standard InChI is InChI=1S/C24H29N3O2/c1-17-13-26(14-18(2)27(17)15-19-8-6-5-7-9-19)20-10-11-23-21(12-20)22(16-29-23)24(28)25(3)4/h5-12,16-18H,13-15H2,1-4H3/t17-,18?/m0/s1. The Hall–Kier alpha value is -2.79. The Bertz CT molecular complexity index is 984. The van der Waals surface area contributed by atoms with E-state index in [0.29, 0.717) is 17.6 Å². The minimum Gasteiger partial charge on any atom is -0.463 e. The van der Waals surface area contributed by atoms with Crippen molar-refractivity contribution in [2.75, 3.05) is 32.1 Å². The van der Waals surface area contributed by atoms with Crippen molar-refractivity contribution in [1.82, 2.24) is 9.80 Å². The van der Waals surface area contributed by atoms with E-state index < -0.39 is 0 Å². The minimum atomic E-state index is -0.0321. The van der Waals surface area contributed by atoms with Gasteiger partial charge in [-0.25, -0.2) is 0 Å². The van der Waals surface area contributed by atoms with Crippen LogP contribution in [0, 0.1) is 0 Å². The third-order valence-corrected chi connectivity index (χ3v) is 5.87. The van der Waals surface area contributed by atoms with Crippen molar-refractivity contribution in [2.45, 2.75) is 32.5 Å². The van der Waals surface area contributed by atoms with Crippen LogP contribution in [0.3, 0.4) is 0 Å². The number of benzene rings is 2. The highest BCUT2D eigenvalue weighted by Crippen LogP contribution is 2.30. The molecule has 1 amide bonds. The van der Waals surface area contributed by atoms with Gasteiger partial charge in [-0.1, -0.05) is 30.3 Å². The topological polar surface area (TPSA) is 39.9 Å². The maximum absolute atomic E-state index is 12.5. The second kappa shape index (κ2) is 7.91. The summed E-state index contributed by atoms with van der Waals surface area (Å²) in [6.07, 6.45) is 1.57. The van der Waals surface area contributed by atoms with Gasteiger partial charge in [-0.3, -0.25) is 9.69 Å². The van der Waals surface area contributed by atoms with Crippen LogP contribution in [0.4, 0.5) is 5.69 Å². The predicted molar refractivity (Wildman–Crippen MR) is 117 cm³/mol. The molecule has 152 valence electrons. The smallest absolute Gasteiger partial charge is 0.257 e. The summed E-state index contributed by atoms with van der Waals surface area (Å²) in [7, 11) is 3.53. The molecule has 29 heavy (non-hydrogen) atoms. The predicted octanol–water partition coefficient (Wildman–Crippen LogP) is 4.23. The summed E-state index contributed by atoms with van der Waals surface area (Å²) in [4.78, 5) is 19.1. The van der Waals surface area contributed by atoms with Gasteiger partial charge in [-0.15, -0.1) is 0 Å². The number of carbonyl (C=O) groups excluding carboxylic acids is 1. The first-order valence-corrected chi connectivity index (χ1v) is 10.2. The Balaban J connectivity index is 1.56. The van der Waals surface area contributed by atoms with Crippen molar-refractivity contribution in [3.05, 3.63) is 65.9 Å². The number of anilines is 1. The van der Waals surface area contributed by atoms with Gasteiger partial charge in [0.1, 0.15) is 11.8 Å². The van der Waals surface area contributed by atoms with Gasteiger partial charge in [-0.05, 0) is 37.6 Å². The van der Waals surface area contributed by atoms with Gasteiger partial charge < -0.3 is 14.2 Å². The molecule has 1 aliphatic rings. The Morgan fingerprint density at radius 3 is 2.41 bits per heavy atom.